The zero-order valence-corrected chi connectivity index (χ0v) is 9.75. The SMILES string of the molecule is CCCC(=O)CN1[C@H](C)CCC[C@@H]1C. The molecule has 2 atom stereocenters. The van der Waals surface area contributed by atoms with Crippen molar-refractivity contribution in [1.82, 2.24) is 4.90 Å². The first-order valence-electron chi connectivity index (χ1n) is 5.92. The van der Waals surface area contributed by atoms with Gasteiger partial charge >= 0.3 is 0 Å². The fraction of sp³-hybridized carbons (Fsp3) is 0.917. The molecule has 0 bridgehead atoms. The van der Waals surface area contributed by atoms with Crippen LogP contribution in [0.25, 0.3) is 0 Å². The molecule has 1 saturated heterocycles. The number of hydrogen-bond acceptors (Lipinski definition) is 2. The molecule has 14 heavy (non-hydrogen) atoms. The van der Waals surface area contributed by atoms with Crippen LogP contribution in [0.5, 0.6) is 0 Å². The van der Waals surface area contributed by atoms with Gasteiger partial charge in [0.15, 0.2) is 0 Å². The number of rotatable bonds is 4. The molecule has 1 heterocycles. The molecule has 82 valence electrons. The first-order chi connectivity index (χ1) is 6.65. The Morgan fingerprint density at radius 2 is 1.86 bits per heavy atom. The lowest BCUT2D eigenvalue weighted by Crippen LogP contribution is -2.46. The van der Waals surface area contributed by atoms with E-state index in [2.05, 4.69) is 25.7 Å². The summed E-state index contributed by atoms with van der Waals surface area (Å²) in [4.78, 5) is 13.9. The lowest BCUT2D eigenvalue weighted by molar-refractivity contribution is -0.121. The highest BCUT2D eigenvalue weighted by molar-refractivity contribution is 5.80. The first kappa shape index (κ1) is 11.7. The molecular weight excluding hydrogens is 174 g/mol. The molecule has 0 aromatic rings. The third kappa shape index (κ3) is 3.09. The van der Waals surface area contributed by atoms with Crippen molar-refractivity contribution in [2.75, 3.05) is 6.54 Å². The van der Waals surface area contributed by atoms with E-state index in [0.29, 0.717) is 24.4 Å². The Morgan fingerprint density at radius 1 is 1.29 bits per heavy atom. The van der Waals surface area contributed by atoms with Crippen LogP contribution in [0.4, 0.5) is 0 Å². The molecule has 1 fully saturated rings. The van der Waals surface area contributed by atoms with E-state index < -0.39 is 0 Å². The molecule has 1 rings (SSSR count). The van der Waals surface area contributed by atoms with Gasteiger partial charge in [0, 0.05) is 18.5 Å². The summed E-state index contributed by atoms with van der Waals surface area (Å²) in [6.07, 6.45) is 5.56. The number of hydrogen-bond donors (Lipinski definition) is 0. The maximum Gasteiger partial charge on any atom is 0.146 e. The molecule has 0 radical (unpaired) electrons. The number of ketones is 1. The maximum absolute atomic E-state index is 11.6. The van der Waals surface area contributed by atoms with Crippen molar-refractivity contribution < 1.29 is 4.79 Å². The fourth-order valence-corrected chi connectivity index (χ4v) is 2.35. The van der Waals surface area contributed by atoms with Gasteiger partial charge in [-0.1, -0.05) is 13.3 Å². The quantitative estimate of drug-likeness (QED) is 0.690. The van der Waals surface area contributed by atoms with Gasteiger partial charge in [0.1, 0.15) is 5.78 Å². The van der Waals surface area contributed by atoms with Gasteiger partial charge in [-0.15, -0.1) is 0 Å². The van der Waals surface area contributed by atoms with Gasteiger partial charge in [0.2, 0.25) is 0 Å². The molecule has 2 nitrogen and oxygen atoms in total. The molecule has 1 aliphatic heterocycles. The van der Waals surface area contributed by atoms with Gasteiger partial charge < -0.3 is 0 Å². The zero-order chi connectivity index (χ0) is 10.6. The summed E-state index contributed by atoms with van der Waals surface area (Å²) in [5, 5.41) is 0. The van der Waals surface area contributed by atoms with Crippen LogP contribution in [0.2, 0.25) is 0 Å². The molecule has 0 aromatic heterocycles. The molecule has 0 unspecified atom stereocenters. The van der Waals surface area contributed by atoms with Gasteiger partial charge in [-0.3, -0.25) is 9.69 Å². The van der Waals surface area contributed by atoms with Crippen molar-refractivity contribution in [2.24, 2.45) is 0 Å². The van der Waals surface area contributed by atoms with Gasteiger partial charge in [-0.2, -0.15) is 0 Å². The Morgan fingerprint density at radius 3 is 2.36 bits per heavy atom. The standard InChI is InChI=1S/C12H23NO/c1-4-6-12(14)9-13-10(2)7-5-8-11(13)3/h10-11H,4-9H2,1-3H3/t10-,11+. The van der Waals surface area contributed by atoms with Crippen LogP contribution < -0.4 is 0 Å². The van der Waals surface area contributed by atoms with Crippen LogP contribution >= 0.6 is 0 Å². The van der Waals surface area contributed by atoms with Crippen LogP contribution in [0.1, 0.15) is 52.9 Å². The van der Waals surface area contributed by atoms with Crippen molar-refractivity contribution in [3.63, 3.8) is 0 Å². The number of likely N-dealkylation sites (tertiary alicyclic amines) is 1. The maximum atomic E-state index is 11.6. The molecule has 0 spiro atoms. The normalized spacial score (nSPS) is 29.1. The largest absolute Gasteiger partial charge is 0.298 e. The average molecular weight is 197 g/mol. The van der Waals surface area contributed by atoms with Crippen molar-refractivity contribution in [2.45, 2.75) is 65.0 Å². The van der Waals surface area contributed by atoms with Crippen LogP contribution in [0, 0.1) is 0 Å². The highest BCUT2D eigenvalue weighted by Crippen LogP contribution is 2.22. The molecular formula is C12H23NO. The van der Waals surface area contributed by atoms with E-state index in [1.165, 1.54) is 19.3 Å². The Kier molecular flexibility index (Phi) is 4.59. The van der Waals surface area contributed by atoms with E-state index in [4.69, 9.17) is 0 Å². The Bertz CT molecular complexity index is 181. The minimum Gasteiger partial charge on any atom is -0.298 e. The fourth-order valence-electron chi connectivity index (χ4n) is 2.35. The number of Topliss-reactive ketones (excluding diaryl/α,β-unsaturated/α-hetero) is 1. The van der Waals surface area contributed by atoms with Gasteiger partial charge in [-0.25, -0.2) is 0 Å². The molecule has 2 heteroatoms. The van der Waals surface area contributed by atoms with E-state index in [0.717, 1.165) is 12.8 Å². The van der Waals surface area contributed by atoms with Crippen LogP contribution in [0.15, 0.2) is 0 Å². The van der Waals surface area contributed by atoms with E-state index >= 15 is 0 Å². The summed E-state index contributed by atoms with van der Waals surface area (Å²) in [6, 6.07) is 1.19. The lowest BCUT2D eigenvalue weighted by atomic mass is 9.97. The molecule has 0 aliphatic carbocycles. The summed E-state index contributed by atoms with van der Waals surface area (Å²) < 4.78 is 0. The van der Waals surface area contributed by atoms with E-state index in [-0.39, 0.29) is 0 Å². The number of carbonyl (C=O) groups is 1. The van der Waals surface area contributed by atoms with Crippen molar-refractivity contribution >= 4 is 5.78 Å². The average Bonchev–Trinajstić information content (AvgIpc) is 2.12. The predicted molar refractivity (Wildman–Crippen MR) is 59.4 cm³/mol. The molecule has 0 saturated carbocycles. The van der Waals surface area contributed by atoms with Crippen LogP contribution in [-0.2, 0) is 4.79 Å². The topological polar surface area (TPSA) is 20.3 Å². The molecule has 0 N–H and O–H groups in total. The third-order valence-electron chi connectivity index (χ3n) is 3.26. The lowest BCUT2D eigenvalue weighted by Gasteiger charge is -2.38. The second-order valence-electron chi connectivity index (χ2n) is 4.59. The second-order valence-corrected chi connectivity index (χ2v) is 4.59. The summed E-state index contributed by atoms with van der Waals surface area (Å²) in [5.41, 5.74) is 0. The van der Waals surface area contributed by atoms with Crippen LogP contribution in [0.3, 0.4) is 0 Å². The summed E-state index contributed by atoms with van der Waals surface area (Å²) in [6.45, 7) is 7.24. The van der Waals surface area contributed by atoms with E-state index in [1.807, 2.05) is 0 Å². The summed E-state index contributed by atoms with van der Waals surface area (Å²) in [7, 11) is 0. The monoisotopic (exact) mass is 197 g/mol. The van der Waals surface area contributed by atoms with Crippen molar-refractivity contribution in [3.05, 3.63) is 0 Å². The minimum absolute atomic E-state index is 0.410. The van der Waals surface area contributed by atoms with E-state index in [1.54, 1.807) is 0 Å². The van der Waals surface area contributed by atoms with Crippen molar-refractivity contribution in [1.29, 1.82) is 0 Å². The number of nitrogens with zero attached hydrogens (tertiary/aromatic N) is 1. The molecule has 0 aromatic carbocycles. The zero-order valence-electron chi connectivity index (χ0n) is 9.75. The third-order valence-corrected chi connectivity index (χ3v) is 3.26. The second kappa shape index (κ2) is 5.50. The Labute approximate surface area is 87.7 Å². The summed E-state index contributed by atoms with van der Waals surface area (Å²) in [5.74, 6) is 0.410. The molecule has 0 amide bonds. The highest BCUT2D eigenvalue weighted by atomic mass is 16.1. The Balaban J connectivity index is 2.43. The van der Waals surface area contributed by atoms with Gasteiger partial charge in [-0.05, 0) is 33.1 Å². The van der Waals surface area contributed by atoms with Gasteiger partial charge in [0.05, 0.1) is 6.54 Å². The minimum atomic E-state index is 0.410. The first-order valence-corrected chi connectivity index (χ1v) is 5.92. The van der Waals surface area contributed by atoms with Crippen LogP contribution in [-0.4, -0.2) is 29.3 Å². The number of piperidine rings is 1. The smallest absolute Gasteiger partial charge is 0.146 e. The predicted octanol–water partition coefficient (Wildman–Crippen LogP) is 2.62. The van der Waals surface area contributed by atoms with E-state index in [9.17, 15) is 4.79 Å². The highest BCUT2D eigenvalue weighted by Gasteiger charge is 2.25. The van der Waals surface area contributed by atoms with Crippen molar-refractivity contribution in [3.8, 4) is 0 Å². The Hall–Kier alpha value is -0.370. The van der Waals surface area contributed by atoms with Gasteiger partial charge in [0.25, 0.3) is 0 Å². The summed E-state index contributed by atoms with van der Waals surface area (Å²) >= 11 is 0. The molecule has 1 aliphatic rings. The number of carbonyl (C=O) groups excluding carboxylic acids is 1.